The summed E-state index contributed by atoms with van der Waals surface area (Å²) in [5, 5.41) is 10.8. The smallest absolute Gasteiger partial charge is 0.0693 e. The van der Waals surface area contributed by atoms with Crippen molar-refractivity contribution in [3.05, 3.63) is 34.9 Å². The third kappa shape index (κ3) is 2.10. The first-order valence-corrected chi connectivity index (χ1v) is 5.42. The summed E-state index contributed by atoms with van der Waals surface area (Å²) in [5.74, 6) is 0.666. The lowest BCUT2D eigenvalue weighted by Crippen LogP contribution is -2.44. The van der Waals surface area contributed by atoms with E-state index in [1.54, 1.807) is 0 Å². The van der Waals surface area contributed by atoms with Crippen LogP contribution in [0.15, 0.2) is 24.3 Å². The summed E-state index contributed by atoms with van der Waals surface area (Å²) in [4.78, 5) is 0. The Bertz CT molecular complexity index is 329. The summed E-state index contributed by atoms with van der Waals surface area (Å²) in [7, 11) is 0. The Morgan fingerprint density at radius 1 is 1.50 bits per heavy atom. The van der Waals surface area contributed by atoms with Gasteiger partial charge in [-0.1, -0.05) is 30.7 Å². The van der Waals surface area contributed by atoms with Gasteiger partial charge in [-0.05, 0) is 36.5 Å². The van der Waals surface area contributed by atoms with Crippen molar-refractivity contribution in [3.63, 3.8) is 0 Å². The molecule has 0 heterocycles. The van der Waals surface area contributed by atoms with Crippen molar-refractivity contribution in [2.75, 3.05) is 0 Å². The highest BCUT2D eigenvalue weighted by atomic mass is 35.5. The van der Waals surface area contributed by atoms with Gasteiger partial charge in [0.2, 0.25) is 0 Å². The van der Waals surface area contributed by atoms with E-state index in [9.17, 15) is 5.11 Å². The van der Waals surface area contributed by atoms with Gasteiger partial charge in [-0.25, -0.2) is 0 Å². The minimum absolute atomic E-state index is 0.468. The Hall–Kier alpha value is -0.530. The normalized spacial score (nSPS) is 31.2. The van der Waals surface area contributed by atoms with Crippen LogP contribution in [0.3, 0.4) is 0 Å². The van der Waals surface area contributed by atoms with E-state index in [4.69, 9.17) is 11.6 Å². The van der Waals surface area contributed by atoms with Crippen LogP contribution in [0.25, 0.3) is 0 Å². The number of hydrogen-bond acceptors (Lipinski definition) is 1. The summed E-state index contributed by atoms with van der Waals surface area (Å²) < 4.78 is 0. The molecule has 0 bridgehead atoms. The van der Waals surface area contributed by atoms with Crippen molar-refractivity contribution in [2.24, 2.45) is 5.92 Å². The quantitative estimate of drug-likeness (QED) is 0.796. The summed E-state index contributed by atoms with van der Waals surface area (Å²) in [6.45, 7) is 2.17. The van der Waals surface area contributed by atoms with Crippen LogP contribution in [0, 0.1) is 5.92 Å². The van der Waals surface area contributed by atoms with Gasteiger partial charge in [0.25, 0.3) is 0 Å². The molecule has 0 aliphatic heterocycles. The molecule has 1 aliphatic carbocycles. The lowest BCUT2D eigenvalue weighted by Gasteiger charge is -2.42. The summed E-state index contributed by atoms with van der Waals surface area (Å²) in [6.07, 6.45) is 2.57. The van der Waals surface area contributed by atoms with Crippen LogP contribution in [0.1, 0.15) is 25.3 Å². The topological polar surface area (TPSA) is 20.2 Å². The van der Waals surface area contributed by atoms with Gasteiger partial charge >= 0.3 is 0 Å². The summed E-state index contributed by atoms with van der Waals surface area (Å²) in [5.41, 5.74) is 0.663. The van der Waals surface area contributed by atoms with Crippen LogP contribution in [0.2, 0.25) is 5.02 Å². The molecule has 14 heavy (non-hydrogen) atoms. The monoisotopic (exact) mass is 210 g/mol. The SMILES string of the molecule is CC1CC(O)(Cc2cccc(Cl)c2)C1. The zero-order valence-corrected chi connectivity index (χ0v) is 9.09. The molecule has 2 heteroatoms. The van der Waals surface area contributed by atoms with Crippen LogP contribution < -0.4 is 0 Å². The van der Waals surface area contributed by atoms with Gasteiger partial charge in [0.05, 0.1) is 5.60 Å². The molecular weight excluding hydrogens is 196 g/mol. The molecule has 1 saturated carbocycles. The largest absolute Gasteiger partial charge is 0.390 e. The number of rotatable bonds is 2. The zero-order chi connectivity index (χ0) is 10.2. The first-order chi connectivity index (χ1) is 6.57. The van der Waals surface area contributed by atoms with E-state index >= 15 is 0 Å². The number of hydrogen-bond donors (Lipinski definition) is 1. The number of halogens is 1. The molecule has 76 valence electrons. The van der Waals surface area contributed by atoms with Crippen molar-refractivity contribution >= 4 is 11.6 Å². The molecule has 1 aliphatic rings. The Morgan fingerprint density at radius 3 is 2.79 bits per heavy atom. The van der Waals surface area contributed by atoms with Gasteiger partial charge in [-0.15, -0.1) is 0 Å². The maximum absolute atomic E-state index is 10.1. The fourth-order valence-electron chi connectivity index (χ4n) is 2.41. The van der Waals surface area contributed by atoms with E-state index in [-0.39, 0.29) is 0 Å². The second kappa shape index (κ2) is 3.56. The molecule has 0 spiro atoms. The fourth-order valence-corrected chi connectivity index (χ4v) is 2.62. The fraction of sp³-hybridized carbons (Fsp3) is 0.500. The Kier molecular flexibility index (Phi) is 2.54. The lowest BCUT2D eigenvalue weighted by atomic mass is 9.69. The van der Waals surface area contributed by atoms with Crippen LogP contribution in [0.5, 0.6) is 0 Å². The average Bonchev–Trinajstić information content (AvgIpc) is 2.00. The Morgan fingerprint density at radius 2 is 2.21 bits per heavy atom. The first kappa shape index (κ1) is 10.0. The third-order valence-corrected chi connectivity index (χ3v) is 3.11. The van der Waals surface area contributed by atoms with Crippen LogP contribution in [-0.2, 0) is 6.42 Å². The Labute approximate surface area is 89.7 Å². The molecule has 1 nitrogen and oxygen atoms in total. The second-order valence-electron chi connectivity index (χ2n) is 4.54. The molecule has 1 fully saturated rings. The van der Waals surface area contributed by atoms with Gasteiger partial charge in [-0.2, -0.15) is 0 Å². The molecule has 0 unspecified atom stereocenters. The molecular formula is C12H15ClO. The van der Waals surface area contributed by atoms with Crippen molar-refractivity contribution in [1.82, 2.24) is 0 Å². The van der Waals surface area contributed by atoms with Gasteiger partial charge < -0.3 is 5.11 Å². The first-order valence-electron chi connectivity index (χ1n) is 5.04. The molecule has 1 aromatic rings. The van der Waals surface area contributed by atoms with Gasteiger partial charge in [0.15, 0.2) is 0 Å². The van der Waals surface area contributed by atoms with Crippen molar-refractivity contribution in [2.45, 2.75) is 31.8 Å². The van der Waals surface area contributed by atoms with Crippen molar-refractivity contribution < 1.29 is 5.11 Å². The minimum Gasteiger partial charge on any atom is -0.390 e. The molecule has 0 atom stereocenters. The molecule has 0 aromatic heterocycles. The van der Waals surface area contributed by atoms with Gasteiger partial charge in [-0.3, -0.25) is 0 Å². The van der Waals surface area contributed by atoms with E-state index in [1.165, 1.54) is 0 Å². The molecule has 1 N–H and O–H groups in total. The standard InChI is InChI=1S/C12H15ClO/c1-9-6-12(14,7-9)8-10-3-2-4-11(13)5-10/h2-5,9,14H,6-8H2,1H3. The van der Waals surface area contributed by atoms with Crippen molar-refractivity contribution in [1.29, 1.82) is 0 Å². The molecule has 0 amide bonds. The highest BCUT2D eigenvalue weighted by Gasteiger charge is 2.39. The van der Waals surface area contributed by atoms with E-state index in [1.807, 2.05) is 24.3 Å². The molecule has 2 rings (SSSR count). The lowest BCUT2D eigenvalue weighted by molar-refractivity contribution is -0.0665. The highest BCUT2D eigenvalue weighted by molar-refractivity contribution is 6.30. The van der Waals surface area contributed by atoms with Gasteiger partial charge in [0.1, 0.15) is 0 Å². The minimum atomic E-state index is -0.468. The average molecular weight is 211 g/mol. The maximum atomic E-state index is 10.1. The van der Waals surface area contributed by atoms with Gasteiger partial charge in [0, 0.05) is 11.4 Å². The predicted octanol–water partition coefficient (Wildman–Crippen LogP) is 3.04. The number of aliphatic hydroxyl groups is 1. The third-order valence-electron chi connectivity index (χ3n) is 2.88. The Balaban J connectivity index is 2.04. The van der Waals surface area contributed by atoms with E-state index in [0.717, 1.165) is 29.8 Å². The second-order valence-corrected chi connectivity index (χ2v) is 4.98. The van der Waals surface area contributed by atoms with E-state index in [0.29, 0.717) is 5.92 Å². The molecule has 0 saturated heterocycles. The summed E-state index contributed by atoms with van der Waals surface area (Å²) >= 11 is 5.88. The van der Waals surface area contributed by atoms with Crippen LogP contribution >= 0.6 is 11.6 Å². The molecule has 0 radical (unpaired) electrons. The van der Waals surface area contributed by atoms with E-state index < -0.39 is 5.60 Å². The summed E-state index contributed by atoms with van der Waals surface area (Å²) in [6, 6.07) is 7.75. The van der Waals surface area contributed by atoms with Crippen LogP contribution in [0.4, 0.5) is 0 Å². The molecule has 1 aromatic carbocycles. The maximum Gasteiger partial charge on any atom is 0.0693 e. The van der Waals surface area contributed by atoms with E-state index in [2.05, 4.69) is 6.92 Å². The predicted molar refractivity (Wildman–Crippen MR) is 58.5 cm³/mol. The highest BCUT2D eigenvalue weighted by Crippen LogP contribution is 2.39. The zero-order valence-electron chi connectivity index (χ0n) is 8.33. The number of benzene rings is 1. The van der Waals surface area contributed by atoms with Crippen LogP contribution in [-0.4, -0.2) is 10.7 Å². The van der Waals surface area contributed by atoms with Crippen molar-refractivity contribution in [3.8, 4) is 0 Å².